The van der Waals surface area contributed by atoms with Crippen molar-refractivity contribution in [3.05, 3.63) is 99.5 Å². The van der Waals surface area contributed by atoms with Gasteiger partial charge in [-0.15, -0.1) is 0 Å². The van der Waals surface area contributed by atoms with E-state index in [4.69, 9.17) is 4.74 Å². The van der Waals surface area contributed by atoms with Gasteiger partial charge in [0.2, 0.25) is 0 Å². The number of aryl methyl sites for hydroxylation is 1. The molecule has 2 aromatic carbocycles. The molecule has 0 radical (unpaired) electrons. The zero-order valence-electron chi connectivity index (χ0n) is 18.0. The van der Waals surface area contributed by atoms with Crippen molar-refractivity contribution in [1.29, 1.82) is 0 Å². The number of aromatic nitrogens is 1. The maximum atomic E-state index is 12.7. The van der Waals surface area contributed by atoms with Crippen LogP contribution in [0, 0.1) is 12.8 Å². The summed E-state index contributed by atoms with van der Waals surface area (Å²) < 4.78 is 7.16. The Morgan fingerprint density at radius 1 is 1.13 bits per heavy atom. The predicted molar refractivity (Wildman–Crippen MR) is 123 cm³/mol. The van der Waals surface area contributed by atoms with Crippen LogP contribution in [0.3, 0.4) is 0 Å². The van der Waals surface area contributed by atoms with Crippen LogP contribution in [0.4, 0.5) is 0 Å². The Bertz CT molecular complexity index is 1120. The fraction of sp³-hybridized carbons (Fsp3) is 0.240. The van der Waals surface area contributed by atoms with Gasteiger partial charge in [-0.2, -0.15) is 5.10 Å². The van der Waals surface area contributed by atoms with Gasteiger partial charge in [-0.25, -0.2) is 5.43 Å². The number of hydrogen-bond acceptors (Lipinski definition) is 4. The van der Waals surface area contributed by atoms with Gasteiger partial charge in [0.1, 0.15) is 11.3 Å². The number of hydrazone groups is 1. The van der Waals surface area contributed by atoms with E-state index in [1.54, 1.807) is 12.3 Å². The summed E-state index contributed by atoms with van der Waals surface area (Å²) in [5.41, 5.74) is 5.04. The molecule has 6 nitrogen and oxygen atoms in total. The Labute approximate surface area is 182 Å². The maximum Gasteiger partial charge on any atom is 0.276 e. The predicted octanol–water partition coefficient (Wildman–Crippen LogP) is 4.00. The molecule has 6 heteroatoms. The van der Waals surface area contributed by atoms with E-state index in [-0.39, 0.29) is 11.1 Å². The number of carbonyl (C=O) groups excluding carboxylic acids is 1. The number of pyridine rings is 1. The molecule has 0 bridgehead atoms. The van der Waals surface area contributed by atoms with Crippen molar-refractivity contribution in [3.8, 4) is 5.75 Å². The number of nitrogens with one attached hydrogen (secondary N) is 1. The fourth-order valence-corrected chi connectivity index (χ4v) is 2.98. The van der Waals surface area contributed by atoms with Crippen LogP contribution < -0.4 is 15.7 Å². The van der Waals surface area contributed by atoms with E-state index in [1.807, 2.05) is 55.5 Å². The molecule has 0 aliphatic heterocycles. The average molecular weight is 418 g/mol. The summed E-state index contributed by atoms with van der Waals surface area (Å²) in [4.78, 5) is 25.2. The number of carbonyl (C=O) groups is 1. The number of benzene rings is 2. The maximum absolute atomic E-state index is 12.7. The summed E-state index contributed by atoms with van der Waals surface area (Å²) in [6, 6.07) is 18.5. The van der Waals surface area contributed by atoms with Crippen molar-refractivity contribution in [3.63, 3.8) is 0 Å². The van der Waals surface area contributed by atoms with Crippen molar-refractivity contribution >= 4 is 12.1 Å². The van der Waals surface area contributed by atoms with E-state index < -0.39 is 5.91 Å². The standard InChI is InChI=1S/C25H27N3O3/c1-18(2)17-31-22-11-9-20(10-12-22)15-26-27-24(29)23-8-5-13-28(25(23)30)16-21-7-4-6-19(3)14-21/h4-15,18H,16-17H2,1-3H3,(H,27,29)/b26-15-. The first-order valence-corrected chi connectivity index (χ1v) is 10.2. The minimum atomic E-state index is -0.545. The summed E-state index contributed by atoms with van der Waals surface area (Å²) in [7, 11) is 0. The Balaban J connectivity index is 1.63. The van der Waals surface area contributed by atoms with E-state index >= 15 is 0 Å². The van der Waals surface area contributed by atoms with Crippen LogP contribution in [0.15, 0.2) is 76.8 Å². The zero-order chi connectivity index (χ0) is 22.2. The van der Waals surface area contributed by atoms with Crippen molar-refractivity contribution in [2.45, 2.75) is 27.3 Å². The molecular formula is C25H27N3O3. The summed E-state index contributed by atoms with van der Waals surface area (Å²) in [5.74, 6) is 0.695. The van der Waals surface area contributed by atoms with Crippen molar-refractivity contribution in [1.82, 2.24) is 9.99 Å². The first kappa shape index (κ1) is 22.0. The van der Waals surface area contributed by atoms with E-state index in [9.17, 15) is 9.59 Å². The zero-order valence-corrected chi connectivity index (χ0v) is 18.0. The molecule has 3 aromatic rings. The molecule has 0 saturated heterocycles. The van der Waals surface area contributed by atoms with Crippen molar-refractivity contribution < 1.29 is 9.53 Å². The number of nitrogens with zero attached hydrogens (tertiary/aromatic N) is 2. The minimum Gasteiger partial charge on any atom is -0.493 e. The van der Waals surface area contributed by atoms with Gasteiger partial charge in [0, 0.05) is 6.20 Å². The number of ether oxygens (including phenoxy) is 1. The molecule has 0 aliphatic rings. The highest BCUT2D eigenvalue weighted by Gasteiger charge is 2.11. The van der Waals surface area contributed by atoms with Gasteiger partial charge >= 0.3 is 0 Å². The second-order valence-corrected chi connectivity index (χ2v) is 7.82. The van der Waals surface area contributed by atoms with Gasteiger partial charge in [0.15, 0.2) is 0 Å². The average Bonchev–Trinajstić information content (AvgIpc) is 2.74. The summed E-state index contributed by atoms with van der Waals surface area (Å²) in [6.45, 7) is 7.24. The van der Waals surface area contributed by atoms with Gasteiger partial charge in [-0.05, 0) is 60.4 Å². The monoisotopic (exact) mass is 417 g/mol. The third kappa shape index (κ3) is 6.40. The second kappa shape index (κ2) is 10.4. The Morgan fingerprint density at radius 2 is 1.90 bits per heavy atom. The van der Waals surface area contributed by atoms with Gasteiger partial charge in [-0.1, -0.05) is 43.7 Å². The second-order valence-electron chi connectivity index (χ2n) is 7.82. The lowest BCUT2D eigenvalue weighted by molar-refractivity contribution is 0.0953. The highest BCUT2D eigenvalue weighted by Crippen LogP contribution is 2.12. The molecule has 160 valence electrons. The lowest BCUT2D eigenvalue weighted by Gasteiger charge is -2.08. The molecule has 1 aromatic heterocycles. The van der Waals surface area contributed by atoms with Crippen LogP contribution in [-0.2, 0) is 6.54 Å². The van der Waals surface area contributed by atoms with Crippen LogP contribution >= 0.6 is 0 Å². The van der Waals surface area contributed by atoms with Crippen LogP contribution in [0.2, 0.25) is 0 Å². The number of amides is 1. The Kier molecular flexibility index (Phi) is 7.38. The van der Waals surface area contributed by atoms with Crippen LogP contribution in [0.1, 0.15) is 40.9 Å². The lowest BCUT2D eigenvalue weighted by atomic mass is 10.1. The summed E-state index contributed by atoms with van der Waals surface area (Å²) in [6.07, 6.45) is 3.20. The normalized spacial score (nSPS) is 11.1. The number of hydrogen-bond donors (Lipinski definition) is 1. The molecule has 1 N–H and O–H groups in total. The first-order valence-electron chi connectivity index (χ1n) is 10.2. The fourth-order valence-electron chi connectivity index (χ4n) is 2.98. The number of rotatable bonds is 8. The van der Waals surface area contributed by atoms with Crippen LogP contribution in [-0.4, -0.2) is 23.3 Å². The largest absolute Gasteiger partial charge is 0.493 e. The molecule has 0 unspecified atom stereocenters. The first-order chi connectivity index (χ1) is 14.9. The van der Waals surface area contributed by atoms with Crippen molar-refractivity contribution in [2.24, 2.45) is 11.0 Å². The Hall–Kier alpha value is -3.67. The molecule has 1 heterocycles. The van der Waals surface area contributed by atoms with E-state index in [0.717, 1.165) is 22.4 Å². The molecule has 0 saturated carbocycles. The van der Waals surface area contributed by atoms with Gasteiger partial charge in [0.25, 0.3) is 11.5 Å². The molecule has 0 aliphatic carbocycles. The highest BCUT2D eigenvalue weighted by atomic mass is 16.5. The minimum absolute atomic E-state index is 0.0461. The third-order valence-electron chi connectivity index (χ3n) is 4.54. The summed E-state index contributed by atoms with van der Waals surface area (Å²) in [5, 5.41) is 3.97. The molecule has 3 rings (SSSR count). The highest BCUT2D eigenvalue weighted by molar-refractivity contribution is 5.94. The smallest absolute Gasteiger partial charge is 0.276 e. The Morgan fingerprint density at radius 3 is 2.61 bits per heavy atom. The van der Waals surface area contributed by atoms with Crippen molar-refractivity contribution in [2.75, 3.05) is 6.61 Å². The van der Waals surface area contributed by atoms with Gasteiger partial charge < -0.3 is 9.30 Å². The SMILES string of the molecule is Cc1cccc(Cn2cccc(C(=O)N/N=C\c3ccc(OCC(C)C)cc3)c2=O)c1. The molecule has 0 fully saturated rings. The molecular weight excluding hydrogens is 390 g/mol. The topological polar surface area (TPSA) is 72.7 Å². The van der Waals surface area contributed by atoms with E-state index in [0.29, 0.717) is 19.1 Å². The summed E-state index contributed by atoms with van der Waals surface area (Å²) >= 11 is 0. The molecule has 31 heavy (non-hydrogen) atoms. The molecule has 1 amide bonds. The molecule has 0 atom stereocenters. The quantitative estimate of drug-likeness (QED) is 0.445. The van der Waals surface area contributed by atoms with Crippen LogP contribution in [0.5, 0.6) is 5.75 Å². The lowest BCUT2D eigenvalue weighted by Crippen LogP contribution is -2.30. The van der Waals surface area contributed by atoms with Gasteiger partial charge in [0.05, 0.1) is 19.4 Å². The van der Waals surface area contributed by atoms with E-state index in [2.05, 4.69) is 24.4 Å². The third-order valence-corrected chi connectivity index (χ3v) is 4.54. The van der Waals surface area contributed by atoms with E-state index in [1.165, 1.54) is 16.8 Å². The van der Waals surface area contributed by atoms with Crippen LogP contribution in [0.25, 0.3) is 0 Å². The molecule has 0 spiro atoms. The van der Waals surface area contributed by atoms with Gasteiger partial charge in [-0.3, -0.25) is 9.59 Å².